The lowest BCUT2D eigenvalue weighted by molar-refractivity contribution is 0.566. The van der Waals surface area contributed by atoms with Gasteiger partial charge in [0.05, 0.1) is 5.69 Å². The zero-order valence-corrected chi connectivity index (χ0v) is 11.2. The maximum absolute atomic E-state index is 4.23. The van der Waals surface area contributed by atoms with Crippen LogP contribution in [0.5, 0.6) is 0 Å². The van der Waals surface area contributed by atoms with Gasteiger partial charge in [0.1, 0.15) is 0 Å². The molecule has 2 aromatic rings. The minimum Gasteiger partial charge on any atom is -0.305 e. The Bertz CT molecular complexity index is 473. The highest BCUT2D eigenvalue weighted by molar-refractivity contribution is 9.10. The molecule has 4 heteroatoms. The first kappa shape index (κ1) is 12.2. The highest BCUT2D eigenvalue weighted by Gasteiger charge is 2.05. The zero-order chi connectivity index (χ0) is 12.1. The number of aromatic nitrogens is 2. The van der Waals surface area contributed by atoms with E-state index in [4.69, 9.17) is 0 Å². The molecule has 0 bridgehead atoms. The lowest BCUT2D eigenvalue weighted by Crippen LogP contribution is -2.18. The summed E-state index contributed by atoms with van der Waals surface area (Å²) in [6.07, 6.45) is 5.17. The molecular weight excluding hydrogens is 278 g/mol. The molecule has 1 atom stereocenters. The quantitative estimate of drug-likeness (QED) is 0.941. The number of halogens is 1. The first-order valence-electron chi connectivity index (χ1n) is 5.49. The van der Waals surface area contributed by atoms with E-state index in [2.05, 4.69) is 50.3 Å². The topological polar surface area (TPSA) is 37.8 Å². The molecule has 17 heavy (non-hydrogen) atoms. The van der Waals surface area contributed by atoms with E-state index in [1.807, 2.05) is 12.1 Å². The summed E-state index contributed by atoms with van der Waals surface area (Å²) >= 11 is 3.48. The maximum Gasteiger partial charge on any atom is 0.0724 e. The molecule has 1 aromatic heterocycles. The Balaban J connectivity index is 1.96. The third-order valence-electron chi connectivity index (χ3n) is 2.55. The van der Waals surface area contributed by atoms with Gasteiger partial charge in [-0.3, -0.25) is 9.97 Å². The van der Waals surface area contributed by atoms with Crippen LogP contribution in [0.3, 0.4) is 0 Å². The van der Waals surface area contributed by atoms with Crippen molar-refractivity contribution in [2.75, 3.05) is 0 Å². The molecule has 88 valence electrons. The van der Waals surface area contributed by atoms with Crippen LogP contribution in [-0.4, -0.2) is 9.97 Å². The second kappa shape index (κ2) is 5.89. The van der Waals surface area contributed by atoms with Crippen molar-refractivity contribution >= 4 is 15.9 Å². The van der Waals surface area contributed by atoms with Crippen LogP contribution in [0.4, 0.5) is 0 Å². The van der Waals surface area contributed by atoms with Gasteiger partial charge in [-0.2, -0.15) is 0 Å². The van der Waals surface area contributed by atoms with Crippen molar-refractivity contribution < 1.29 is 0 Å². The number of hydrogen-bond donors (Lipinski definition) is 1. The molecule has 1 heterocycles. The summed E-state index contributed by atoms with van der Waals surface area (Å²) in [6.45, 7) is 2.86. The molecule has 2 rings (SSSR count). The summed E-state index contributed by atoms with van der Waals surface area (Å²) in [5.41, 5.74) is 2.21. The maximum atomic E-state index is 4.23. The molecule has 0 amide bonds. The zero-order valence-electron chi connectivity index (χ0n) is 9.60. The third kappa shape index (κ3) is 3.61. The van der Waals surface area contributed by atoms with Crippen molar-refractivity contribution in [3.05, 3.63) is 58.6 Å². The SMILES string of the molecule is C[C@@H](NCc1cnccn1)c1cccc(Br)c1. The van der Waals surface area contributed by atoms with E-state index in [-0.39, 0.29) is 6.04 Å². The highest BCUT2D eigenvalue weighted by Crippen LogP contribution is 2.17. The summed E-state index contributed by atoms with van der Waals surface area (Å²) in [4.78, 5) is 8.27. The Hall–Kier alpha value is -1.26. The van der Waals surface area contributed by atoms with Crippen molar-refractivity contribution in [3.8, 4) is 0 Å². The van der Waals surface area contributed by atoms with Gasteiger partial charge >= 0.3 is 0 Å². The van der Waals surface area contributed by atoms with Crippen molar-refractivity contribution in [1.82, 2.24) is 15.3 Å². The van der Waals surface area contributed by atoms with E-state index >= 15 is 0 Å². The van der Waals surface area contributed by atoms with Crippen molar-refractivity contribution in [3.63, 3.8) is 0 Å². The minimum atomic E-state index is 0.287. The number of hydrogen-bond acceptors (Lipinski definition) is 3. The average molecular weight is 292 g/mol. The standard InChI is InChI=1S/C13H14BrN3/c1-10(11-3-2-4-12(14)7-11)17-9-13-8-15-5-6-16-13/h2-8,10,17H,9H2,1H3/t10-/m1/s1. The molecule has 0 radical (unpaired) electrons. The van der Waals surface area contributed by atoms with Crippen LogP contribution in [0.1, 0.15) is 24.2 Å². The predicted molar refractivity (Wildman–Crippen MR) is 71.4 cm³/mol. The lowest BCUT2D eigenvalue weighted by atomic mass is 10.1. The van der Waals surface area contributed by atoms with Gasteiger partial charge in [-0.05, 0) is 24.6 Å². The van der Waals surface area contributed by atoms with Gasteiger partial charge in [0.15, 0.2) is 0 Å². The van der Waals surface area contributed by atoms with Crippen LogP contribution in [0, 0.1) is 0 Å². The van der Waals surface area contributed by atoms with E-state index in [0.717, 1.165) is 16.7 Å². The van der Waals surface area contributed by atoms with E-state index in [0.29, 0.717) is 0 Å². The second-order valence-electron chi connectivity index (χ2n) is 3.85. The Labute approximate surface area is 109 Å². The predicted octanol–water partition coefficient (Wildman–Crippen LogP) is 3.09. The number of nitrogens with zero attached hydrogens (tertiary/aromatic N) is 2. The Kier molecular flexibility index (Phi) is 4.23. The van der Waals surface area contributed by atoms with E-state index in [9.17, 15) is 0 Å². The molecule has 0 unspecified atom stereocenters. The number of nitrogens with one attached hydrogen (secondary N) is 1. The highest BCUT2D eigenvalue weighted by atomic mass is 79.9. The summed E-state index contributed by atoms with van der Waals surface area (Å²) in [5.74, 6) is 0. The van der Waals surface area contributed by atoms with Crippen LogP contribution in [0.25, 0.3) is 0 Å². The molecule has 0 fully saturated rings. The lowest BCUT2D eigenvalue weighted by Gasteiger charge is -2.14. The first-order chi connectivity index (χ1) is 8.25. The average Bonchev–Trinajstić information content (AvgIpc) is 2.37. The van der Waals surface area contributed by atoms with Crippen molar-refractivity contribution in [2.24, 2.45) is 0 Å². The minimum absolute atomic E-state index is 0.287. The van der Waals surface area contributed by atoms with Gasteiger partial charge in [0.2, 0.25) is 0 Å². The van der Waals surface area contributed by atoms with Gasteiger partial charge in [-0.1, -0.05) is 28.1 Å². The van der Waals surface area contributed by atoms with Gasteiger partial charge < -0.3 is 5.32 Å². The van der Waals surface area contributed by atoms with Gasteiger partial charge in [0, 0.05) is 35.6 Å². The van der Waals surface area contributed by atoms with E-state index in [1.54, 1.807) is 18.6 Å². The molecule has 0 saturated heterocycles. The largest absolute Gasteiger partial charge is 0.305 e. The molecule has 0 saturated carbocycles. The molecule has 1 aromatic carbocycles. The van der Waals surface area contributed by atoms with Gasteiger partial charge in [-0.25, -0.2) is 0 Å². The molecule has 0 spiro atoms. The smallest absolute Gasteiger partial charge is 0.0724 e. The van der Waals surface area contributed by atoms with Crippen LogP contribution in [0.2, 0.25) is 0 Å². The van der Waals surface area contributed by atoms with Crippen LogP contribution < -0.4 is 5.32 Å². The molecule has 0 aliphatic rings. The summed E-state index contributed by atoms with van der Waals surface area (Å²) in [7, 11) is 0. The number of rotatable bonds is 4. The Morgan fingerprint density at radius 3 is 2.94 bits per heavy atom. The van der Waals surface area contributed by atoms with Crippen LogP contribution >= 0.6 is 15.9 Å². The summed E-state index contributed by atoms with van der Waals surface area (Å²) in [6, 6.07) is 8.58. The molecule has 0 aliphatic heterocycles. The van der Waals surface area contributed by atoms with Gasteiger partial charge in [-0.15, -0.1) is 0 Å². The van der Waals surface area contributed by atoms with Gasteiger partial charge in [0.25, 0.3) is 0 Å². The Morgan fingerprint density at radius 2 is 2.24 bits per heavy atom. The van der Waals surface area contributed by atoms with Crippen molar-refractivity contribution in [2.45, 2.75) is 19.5 Å². The molecule has 1 N–H and O–H groups in total. The fraction of sp³-hybridized carbons (Fsp3) is 0.231. The summed E-state index contributed by atoms with van der Waals surface area (Å²) < 4.78 is 1.10. The van der Waals surface area contributed by atoms with Crippen LogP contribution in [0.15, 0.2) is 47.3 Å². The second-order valence-corrected chi connectivity index (χ2v) is 4.77. The fourth-order valence-electron chi connectivity index (χ4n) is 1.57. The van der Waals surface area contributed by atoms with Crippen LogP contribution in [-0.2, 0) is 6.54 Å². The Morgan fingerprint density at radius 1 is 1.35 bits per heavy atom. The summed E-state index contributed by atoms with van der Waals surface area (Å²) in [5, 5.41) is 3.42. The number of benzene rings is 1. The van der Waals surface area contributed by atoms with E-state index < -0.39 is 0 Å². The molecule has 3 nitrogen and oxygen atoms in total. The molecule has 0 aliphatic carbocycles. The fourth-order valence-corrected chi connectivity index (χ4v) is 1.99. The first-order valence-corrected chi connectivity index (χ1v) is 6.29. The normalized spacial score (nSPS) is 12.4. The third-order valence-corrected chi connectivity index (χ3v) is 3.05. The molecular formula is C13H14BrN3. The monoisotopic (exact) mass is 291 g/mol. The van der Waals surface area contributed by atoms with Crippen molar-refractivity contribution in [1.29, 1.82) is 0 Å². The van der Waals surface area contributed by atoms with E-state index in [1.165, 1.54) is 5.56 Å².